The second-order valence-corrected chi connectivity index (χ2v) is 8.86. The van der Waals surface area contributed by atoms with E-state index >= 15 is 0 Å². The topological polar surface area (TPSA) is 101 Å². The maximum atomic E-state index is 12.8. The van der Waals surface area contributed by atoms with E-state index in [-0.39, 0.29) is 16.8 Å². The second kappa shape index (κ2) is 7.46. The maximum absolute atomic E-state index is 12.8. The molecule has 29 heavy (non-hydrogen) atoms. The van der Waals surface area contributed by atoms with Crippen molar-refractivity contribution in [2.45, 2.75) is 23.2 Å². The van der Waals surface area contributed by atoms with Crippen LogP contribution >= 0.6 is 11.6 Å². The van der Waals surface area contributed by atoms with Crippen LogP contribution in [0.25, 0.3) is 0 Å². The van der Waals surface area contributed by atoms with Gasteiger partial charge in [0.25, 0.3) is 10.0 Å². The third-order valence-electron chi connectivity index (χ3n) is 4.80. The Bertz CT molecular complexity index is 1130. The van der Waals surface area contributed by atoms with Crippen molar-refractivity contribution in [3.8, 4) is 0 Å². The van der Waals surface area contributed by atoms with Gasteiger partial charge in [0.1, 0.15) is 0 Å². The van der Waals surface area contributed by atoms with Gasteiger partial charge in [0, 0.05) is 23.1 Å². The smallest absolute Gasteiger partial charge is 0.264 e. The van der Waals surface area contributed by atoms with Gasteiger partial charge in [-0.1, -0.05) is 23.7 Å². The van der Waals surface area contributed by atoms with Crippen LogP contribution in [0, 0.1) is 0 Å². The summed E-state index contributed by atoms with van der Waals surface area (Å²) in [6.07, 6.45) is 4.40. The van der Waals surface area contributed by atoms with Crippen LogP contribution in [0.4, 0.5) is 11.6 Å². The van der Waals surface area contributed by atoms with Gasteiger partial charge in [0.05, 0.1) is 10.3 Å². The van der Waals surface area contributed by atoms with E-state index in [0.29, 0.717) is 10.7 Å². The lowest BCUT2D eigenvalue weighted by molar-refractivity contribution is -0.118. The molecule has 0 aliphatic heterocycles. The first-order valence-corrected chi connectivity index (χ1v) is 10.7. The highest BCUT2D eigenvalue weighted by atomic mass is 35.5. The van der Waals surface area contributed by atoms with Gasteiger partial charge in [-0.3, -0.25) is 4.79 Å². The Hall–Kier alpha value is -2.97. The fraction of sp³-hybridized carbons (Fsp3) is 0.150. The van der Waals surface area contributed by atoms with Crippen LogP contribution in [0.15, 0.2) is 71.9 Å². The van der Waals surface area contributed by atoms with Crippen molar-refractivity contribution in [3.63, 3.8) is 0 Å². The molecule has 2 aromatic carbocycles. The van der Waals surface area contributed by atoms with Crippen LogP contribution in [0.5, 0.6) is 0 Å². The van der Waals surface area contributed by atoms with E-state index in [4.69, 9.17) is 11.6 Å². The Morgan fingerprint density at radius 3 is 2.17 bits per heavy atom. The Balaban J connectivity index is 1.47. The van der Waals surface area contributed by atoms with Crippen molar-refractivity contribution < 1.29 is 13.2 Å². The highest BCUT2D eigenvalue weighted by molar-refractivity contribution is 7.92. The van der Waals surface area contributed by atoms with E-state index in [2.05, 4.69) is 20.0 Å². The van der Waals surface area contributed by atoms with Gasteiger partial charge in [0.15, 0.2) is 0 Å². The second-order valence-electron chi connectivity index (χ2n) is 6.75. The van der Waals surface area contributed by atoms with Gasteiger partial charge in [-0.2, -0.15) is 0 Å². The quantitative estimate of drug-likeness (QED) is 0.624. The minimum absolute atomic E-state index is 0.0106. The zero-order chi connectivity index (χ0) is 20.5. The largest absolute Gasteiger partial charge is 0.325 e. The molecule has 0 bridgehead atoms. The highest BCUT2D eigenvalue weighted by Gasteiger charge is 2.51. The Labute approximate surface area is 173 Å². The third kappa shape index (κ3) is 4.08. The standard InChI is InChI=1S/C20H17ClN4O3S/c21-15-4-2-14(3-5-15)20(10-11-20)18(26)24-16-6-8-17(9-7-16)29(27,28)25-19-22-12-1-13-23-19/h1-9,12-13H,10-11H2,(H,24,26)(H,22,23,25). The lowest BCUT2D eigenvalue weighted by Gasteiger charge is -2.16. The SMILES string of the molecule is O=C(Nc1ccc(S(=O)(=O)Nc2ncccn2)cc1)C1(c2ccc(Cl)cc2)CC1. The molecule has 1 aromatic heterocycles. The lowest BCUT2D eigenvalue weighted by Crippen LogP contribution is -2.27. The summed E-state index contributed by atoms with van der Waals surface area (Å²) < 4.78 is 27.2. The monoisotopic (exact) mass is 428 g/mol. The van der Waals surface area contributed by atoms with E-state index in [1.54, 1.807) is 30.3 Å². The molecule has 1 saturated carbocycles. The van der Waals surface area contributed by atoms with Crippen LogP contribution in [0.3, 0.4) is 0 Å². The van der Waals surface area contributed by atoms with E-state index in [1.165, 1.54) is 24.5 Å². The van der Waals surface area contributed by atoms with Crippen molar-refractivity contribution in [2.24, 2.45) is 0 Å². The molecule has 1 aliphatic carbocycles. The van der Waals surface area contributed by atoms with Crippen molar-refractivity contribution in [2.75, 3.05) is 10.0 Å². The molecule has 1 heterocycles. The number of nitrogens with zero attached hydrogens (tertiary/aromatic N) is 2. The molecular formula is C20H17ClN4O3S. The first kappa shape index (κ1) is 19.4. The number of carbonyl (C=O) groups excluding carboxylic acids is 1. The normalized spacial score (nSPS) is 14.8. The molecule has 1 amide bonds. The van der Waals surface area contributed by atoms with Crippen LogP contribution in [-0.2, 0) is 20.2 Å². The number of anilines is 2. The molecule has 0 unspecified atom stereocenters. The molecule has 148 valence electrons. The Morgan fingerprint density at radius 2 is 1.59 bits per heavy atom. The van der Waals surface area contributed by atoms with Crippen LogP contribution in [0.2, 0.25) is 5.02 Å². The lowest BCUT2D eigenvalue weighted by atomic mass is 9.95. The number of aromatic nitrogens is 2. The molecule has 1 aliphatic rings. The molecule has 0 saturated heterocycles. The summed E-state index contributed by atoms with van der Waals surface area (Å²) >= 11 is 5.93. The number of hydrogen-bond acceptors (Lipinski definition) is 5. The van der Waals surface area contributed by atoms with E-state index in [0.717, 1.165) is 18.4 Å². The van der Waals surface area contributed by atoms with E-state index < -0.39 is 15.4 Å². The minimum Gasteiger partial charge on any atom is -0.325 e. The summed E-state index contributed by atoms with van der Waals surface area (Å²) in [6, 6.07) is 14.8. The van der Waals surface area contributed by atoms with Gasteiger partial charge in [0.2, 0.25) is 11.9 Å². The molecule has 2 N–H and O–H groups in total. The van der Waals surface area contributed by atoms with Gasteiger partial charge < -0.3 is 5.32 Å². The molecular weight excluding hydrogens is 412 g/mol. The zero-order valence-electron chi connectivity index (χ0n) is 15.2. The fourth-order valence-corrected chi connectivity index (χ4v) is 4.12. The number of amides is 1. The number of nitrogens with one attached hydrogen (secondary N) is 2. The number of carbonyl (C=O) groups is 1. The summed E-state index contributed by atoms with van der Waals surface area (Å²) in [5.41, 5.74) is 0.887. The van der Waals surface area contributed by atoms with E-state index in [1.807, 2.05) is 12.1 Å². The number of halogens is 1. The average Bonchev–Trinajstić information content (AvgIpc) is 3.51. The average molecular weight is 429 g/mol. The summed E-state index contributed by atoms with van der Waals surface area (Å²) in [6.45, 7) is 0. The summed E-state index contributed by atoms with van der Waals surface area (Å²) in [5, 5.41) is 3.50. The van der Waals surface area contributed by atoms with Gasteiger partial charge in [-0.15, -0.1) is 0 Å². The summed E-state index contributed by atoms with van der Waals surface area (Å²) in [7, 11) is -3.82. The first-order valence-electron chi connectivity index (χ1n) is 8.86. The minimum atomic E-state index is -3.82. The van der Waals surface area contributed by atoms with Gasteiger partial charge in [-0.25, -0.2) is 23.1 Å². The molecule has 9 heteroatoms. The predicted molar refractivity (Wildman–Crippen MR) is 110 cm³/mol. The van der Waals surface area contributed by atoms with Crippen molar-refractivity contribution in [1.82, 2.24) is 9.97 Å². The molecule has 0 radical (unpaired) electrons. The number of sulfonamides is 1. The fourth-order valence-electron chi connectivity index (χ4n) is 3.04. The van der Waals surface area contributed by atoms with Crippen molar-refractivity contribution in [3.05, 3.63) is 77.6 Å². The Kier molecular flexibility index (Phi) is 4.97. The Morgan fingerprint density at radius 1 is 0.966 bits per heavy atom. The van der Waals surface area contributed by atoms with Crippen molar-refractivity contribution in [1.29, 1.82) is 0 Å². The highest BCUT2D eigenvalue weighted by Crippen LogP contribution is 2.49. The molecule has 4 rings (SSSR count). The van der Waals surface area contributed by atoms with Crippen LogP contribution in [0.1, 0.15) is 18.4 Å². The third-order valence-corrected chi connectivity index (χ3v) is 6.39. The van der Waals surface area contributed by atoms with E-state index in [9.17, 15) is 13.2 Å². The maximum Gasteiger partial charge on any atom is 0.264 e. The molecule has 7 nitrogen and oxygen atoms in total. The van der Waals surface area contributed by atoms with Crippen LogP contribution in [-0.4, -0.2) is 24.3 Å². The van der Waals surface area contributed by atoms with Crippen molar-refractivity contribution >= 4 is 39.2 Å². The summed E-state index contributed by atoms with van der Waals surface area (Å²) in [5.74, 6) is -0.130. The molecule has 0 spiro atoms. The van der Waals surface area contributed by atoms with Gasteiger partial charge in [-0.05, 0) is 60.9 Å². The number of rotatable bonds is 6. The molecule has 1 fully saturated rings. The summed E-state index contributed by atoms with van der Waals surface area (Å²) in [4.78, 5) is 20.6. The number of hydrogen-bond donors (Lipinski definition) is 2. The van der Waals surface area contributed by atoms with Crippen LogP contribution < -0.4 is 10.0 Å². The number of benzene rings is 2. The predicted octanol–water partition coefficient (Wildman–Crippen LogP) is 3.60. The van der Waals surface area contributed by atoms with Gasteiger partial charge >= 0.3 is 0 Å². The first-order chi connectivity index (χ1) is 13.9. The molecule has 3 aromatic rings. The zero-order valence-corrected chi connectivity index (χ0v) is 16.7. The molecule has 0 atom stereocenters.